The van der Waals surface area contributed by atoms with E-state index in [1.54, 1.807) is 30.5 Å². The molecule has 2 N–H and O–H groups in total. The van der Waals surface area contributed by atoms with Gasteiger partial charge in [-0.15, -0.1) is 0 Å². The van der Waals surface area contributed by atoms with Crippen molar-refractivity contribution in [2.75, 3.05) is 4.90 Å². The molecule has 0 radical (unpaired) electrons. The van der Waals surface area contributed by atoms with Crippen LogP contribution in [-0.4, -0.2) is 19.8 Å². The molecule has 5 rings (SSSR count). The number of aromatic nitrogens is 2. The first-order chi connectivity index (χ1) is 16.8. The predicted octanol–water partition coefficient (Wildman–Crippen LogP) is 7.33. The summed E-state index contributed by atoms with van der Waals surface area (Å²) < 4.78 is 2.08. The van der Waals surface area contributed by atoms with Crippen molar-refractivity contribution in [2.24, 2.45) is 0 Å². The number of rotatable bonds is 4. The fourth-order valence-electron chi connectivity index (χ4n) is 4.74. The van der Waals surface area contributed by atoms with Crippen molar-refractivity contribution in [3.63, 3.8) is 0 Å². The highest BCUT2D eigenvalue weighted by Gasteiger charge is 2.43. The first kappa shape index (κ1) is 23.9. The average Bonchev–Trinajstić information content (AvgIpc) is 3.33. The number of nitrogens with zero attached hydrogens (tertiary/aromatic N) is 3. The summed E-state index contributed by atoms with van der Waals surface area (Å²) in [5.74, 6) is 0.0805. The van der Waals surface area contributed by atoms with Crippen molar-refractivity contribution < 1.29 is 5.11 Å². The zero-order valence-electron chi connectivity index (χ0n) is 18.8. The van der Waals surface area contributed by atoms with Crippen molar-refractivity contribution in [3.8, 4) is 11.4 Å². The lowest BCUT2D eigenvalue weighted by atomic mass is 9.96. The van der Waals surface area contributed by atoms with Gasteiger partial charge in [-0.1, -0.05) is 46.9 Å². The Balaban J connectivity index is 1.73. The lowest BCUT2D eigenvalue weighted by Gasteiger charge is -2.29. The highest BCUT2D eigenvalue weighted by atomic mass is 35.5. The Hall–Kier alpha value is -2.77. The first-order valence-corrected chi connectivity index (χ1v) is 12.4. The summed E-state index contributed by atoms with van der Waals surface area (Å²) in [4.78, 5) is 6.50. The van der Waals surface area contributed by atoms with Crippen molar-refractivity contribution in [1.29, 1.82) is 0 Å². The molecule has 0 bridgehead atoms. The lowest BCUT2D eigenvalue weighted by molar-refractivity contribution is 0.472. The third-order valence-electron chi connectivity index (χ3n) is 6.26. The van der Waals surface area contributed by atoms with Crippen LogP contribution < -0.4 is 10.2 Å². The maximum Gasteiger partial charge on any atom is 0.174 e. The van der Waals surface area contributed by atoms with Gasteiger partial charge in [0.15, 0.2) is 5.11 Å². The molecule has 0 amide bonds. The number of hydrogen-bond donors (Lipinski definition) is 2. The largest absolute Gasteiger partial charge is 0.506 e. The maximum atomic E-state index is 10.8. The van der Waals surface area contributed by atoms with Gasteiger partial charge in [-0.2, -0.15) is 0 Å². The van der Waals surface area contributed by atoms with Gasteiger partial charge in [-0.3, -0.25) is 4.98 Å². The molecule has 1 fully saturated rings. The summed E-state index contributed by atoms with van der Waals surface area (Å²) in [5, 5.41) is 16.1. The zero-order chi connectivity index (χ0) is 24.9. The SMILES string of the molecule is Cc1cc([C@@H]2[C@H](c3ccccn3)NC(=S)N2c2cc(Cl)ccc2O)c(C)n1-c1cccc(Cl)c1Cl. The van der Waals surface area contributed by atoms with Crippen LogP contribution in [0, 0.1) is 13.8 Å². The molecule has 35 heavy (non-hydrogen) atoms. The molecule has 2 aromatic carbocycles. The summed E-state index contributed by atoms with van der Waals surface area (Å²) >= 11 is 25.0. The van der Waals surface area contributed by atoms with Crippen molar-refractivity contribution in [2.45, 2.75) is 25.9 Å². The van der Waals surface area contributed by atoms with Crippen LogP contribution in [0.1, 0.15) is 34.7 Å². The minimum Gasteiger partial charge on any atom is -0.506 e. The average molecular weight is 544 g/mol. The fraction of sp³-hybridized carbons (Fsp3) is 0.154. The number of thiocarbonyl (C=S) groups is 1. The molecule has 0 aliphatic carbocycles. The summed E-state index contributed by atoms with van der Waals surface area (Å²) in [7, 11) is 0. The highest BCUT2D eigenvalue weighted by Crippen LogP contribution is 2.46. The maximum absolute atomic E-state index is 10.8. The van der Waals surface area contributed by atoms with E-state index in [9.17, 15) is 5.11 Å². The third kappa shape index (κ3) is 4.15. The van der Waals surface area contributed by atoms with Crippen LogP contribution in [0.3, 0.4) is 0 Å². The first-order valence-electron chi connectivity index (χ1n) is 10.9. The Morgan fingerprint density at radius 1 is 0.971 bits per heavy atom. The lowest BCUT2D eigenvalue weighted by Crippen LogP contribution is -2.29. The molecule has 4 aromatic rings. The van der Waals surface area contributed by atoms with E-state index < -0.39 is 0 Å². The Kier molecular flexibility index (Phi) is 6.40. The molecule has 5 nitrogen and oxygen atoms in total. The van der Waals surface area contributed by atoms with Gasteiger partial charge in [0.2, 0.25) is 0 Å². The Labute approximate surface area is 223 Å². The summed E-state index contributed by atoms with van der Waals surface area (Å²) in [6.45, 7) is 4.05. The monoisotopic (exact) mass is 542 g/mol. The van der Waals surface area contributed by atoms with Crippen LogP contribution in [0.25, 0.3) is 5.69 Å². The van der Waals surface area contributed by atoms with E-state index in [1.807, 2.05) is 49.1 Å². The van der Waals surface area contributed by atoms with E-state index in [0.29, 0.717) is 25.9 Å². The normalized spacial score (nSPS) is 17.6. The summed E-state index contributed by atoms with van der Waals surface area (Å²) in [5.41, 5.74) is 5.09. The second-order valence-electron chi connectivity index (χ2n) is 8.36. The van der Waals surface area contributed by atoms with E-state index >= 15 is 0 Å². The van der Waals surface area contributed by atoms with Gasteiger partial charge in [0, 0.05) is 22.6 Å². The molecule has 1 saturated heterocycles. The smallest absolute Gasteiger partial charge is 0.174 e. The summed E-state index contributed by atoms with van der Waals surface area (Å²) in [6, 6.07) is 17.8. The van der Waals surface area contributed by atoms with Gasteiger partial charge in [0.05, 0.1) is 39.2 Å². The van der Waals surface area contributed by atoms with E-state index in [4.69, 9.17) is 47.0 Å². The van der Waals surface area contributed by atoms with Gasteiger partial charge in [-0.25, -0.2) is 0 Å². The Morgan fingerprint density at radius 3 is 2.51 bits per heavy atom. The zero-order valence-corrected chi connectivity index (χ0v) is 21.9. The number of nitrogens with one attached hydrogen (secondary N) is 1. The Morgan fingerprint density at radius 2 is 1.77 bits per heavy atom. The third-order valence-corrected chi connectivity index (χ3v) is 7.61. The fourth-order valence-corrected chi connectivity index (χ4v) is 5.63. The number of aryl methyl sites for hydroxylation is 1. The topological polar surface area (TPSA) is 53.3 Å². The van der Waals surface area contributed by atoms with Crippen LogP contribution in [0.4, 0.5) is 5.69 Å². The number of halogens is 3. The van der Waals surface area contributed by atoms with E-state index in [2.05, 4.69) is 20.9 Å². The molecule has 0 unspecified atom stereocenters. The van der Waals surface area contributed by atoms with E-state index in [0.717, 1.165) is 28.3 Å². The molecule has 178 valence electrons. The number of anilines is 1. The second-order valence-corrected chi connectivity index (χ2v) is 9.97. The molecule has 2 aromatic heterocycles. The number of hydrogen-bond acceptors (Lipinski definition) is 3. The van der Waals surface area contributed by atoms with Gasteiger partial charge in [0.1, 0.15) is 5.75 Å². The molecule has 0 saturated carbocycles. The molecule has 3 heterocycles. The molecule has 1 aliphatic heterocycles. The molecule has 9 heteroatoms. The van der Waals surface area contributed by atoms with Gasteiger partial charge in [0.25, 0.3) is 0 Å². The van der Waals surface area contributed by atoms with Gasteiger partial charge in [-0.05, 0) is 80.2 Å². The van der Waals surface area contributed by atoms with Crippen LogP contribution in [-0.2, 0) is 0 Å². The molecular formula is C26H21Cl3N4OS. The number of phenols is 1. The van der Waals surface area contributed by atoms with Crippen LogP contribution >= 0.6 is 47.0 Å². The standard InChI is InChI=1S/C26H21Cl3N4OS/c1-14-12-17(15(2)32(14)20-8-5-6-18(28)23(20)29)25-24(19-7-3-4-11-30-19)31-26(35)33(25)21-13-16(27)9-10-22(21)34/h3-13,24-25,34H,1-2H3,(H,31,35)/t24-,25+/m0/s1. The number of benzene rings is 2. The van der Waals surface area contributed by atoms with Crippen molar-refractivity contribution in [3.05, 3.63) is 105 Å². The van der Waals surface area contributed by atoms with Crippen LogP contribution in [0.15, 0.2) is 66.9 Å². The van der Waals surface area contributed by atoms with Gasteiger partial charge >= 0.3 is 0 Å². The van der Waals surface area contributed by atoms with Crippen molar-refractivity contribution in [1.82, 2.24) is 14.9 Å². The van der Waals surface area contributed by atoms with E-state index in [-0.39, 0.29) is 17.8 Å². The van der Waals surface area contributed by atoms with Gasteiger partial charge < -0.3 is 19.9 Å². The van der Waals surface area contributed by atoms with Crippen LogP contribution in [0.5, 0.6) is 5.75 Å². The van der Waals surface area contributed by atoms with E-state index in [1.165, 1.54) is 0 Å². The Bertz CT molecular complexity index is 1440. The van der Waals surface area contributed by atoms with Crippen LogP contribution in [0.2, 0.25) is 15.1 Å². The summed E-state index contributed by atoms with van der Waals surface area (Å²) in [6.07, 6.45) is 1.76. The number of aromatic hydroxyl groups is 1. The quantitative estimate of drug-likeness (QED) is 0.264. The molecule has 0 spiro atoms. The second kappa shape index (κ2) is 9.36. The minimum atomic E-state index is -0.320. The predicted molar refractivity (Wildman–Crippen MR) is 146 cm³/mol. The number of pyridine rings is 1. The number of phenolic OH excluding ortho intramolecular Hbond substituents is 1. The molecule has 2 atom stereocenters. The highest BCUT2D eigenvalue weighted by molar-refractivity contribution is 7.80. The molecule has 1 aliphatic rings. The van der Waals surface area contributed by atoms with Crippen molar-refractivity contribution >= 4 is 57.8 Å². The molecular weight excluding hydrogens is 523 g/mol. The minimum absolute atomic E-state index is 0.0805.